The quantitative estimate of drug-likeness (QED) is 0.350. The van der Waals surface area contributed by atoms with Gasteiger partial charge in [-0.2, -0.15) is 0 Å². The van der Waals surface area contributed by atoms with Gasteiger partial charge in [-0.25, -0.2) is 0 Å². The van der Waals surface area contributed by atoms with Crippen molar-refractivity contribution in [2.45, 2.75) is 12.3 Å². The first-order chi connectivity index (χ1) is 9.31. The van der Waals surface area contributed by atoms with Gasteiger partial charge in [0.15, 0.2) is 0 Å². The lowest BCUT2D eigenvalue weighted by molar-refractivity contribution is -0.455. The van der Waals surface area contributed by atoms with E-state index >= 15 is 0 Å². The third kappa shape index (κ3) is 5.06. The second kappa shape index (κ2) is 9.36. The molecule has 0 aliphatic rings. The van der Waals surface area contributed by atoms with Gasteiger partial charge in [0.1, 0.15) is 0 Å². The van der Waals surface area contributed by atoms with Gasteiger partial charge in [-0.05, 0) is 48.0 Å². The van der Waals surface area contributed by atoms with Gasteiger partial charge in [-0.1, -0.05) is 12.1 Å². The average molecular weight is 419 g/mol. The fourth-order valence-corrected chi connectivity index (χ4v) is 3.04. The Balaban J connectivity index is 0.00000200. The van der Waals surface area contributed by atoms with Crippen molar-refractivity contribution in [1.82, 2.24) is 4.98 Å². The van der Waals surface area contributed by atoms with Crippen LogP contribution in [0.5, 0.6) is 0 Å². The molecule has 0 spiro atoms. The lowest BCUT2D eigenvalue weighted by Gasteiger charge is -2.13. The smallest absolute Gasteiger partial charge is 0.301 e. The second-order valence-corrected chi connectivity index (χ2v) is 5.93. The zero-order valence-corrected chi connectivity index (χ0v) is 15.0. The minimum absolute atomic E-state index is 0. The molecule has 0 aromatic carbocycles. The summed E-state index contributed by atoms with van der Waals surface area (Å²) in [4.78, 5) is 9.07. The van der Waals surface area contributed by atoms with E-state index in [1.54, 1.807) is 23.1 Å². The molecule has 0 aliphatic heterocycles. The minimum Gasteiger partial charge on any atom is -1.00 e. The summed E-state index contributed by atoms with van der Waals surface area (Å²) in [5.41, 5.74) is 6.89. The number of nitrogens with one attached hydrogen (secondary N) is 1. The number of hydrogen-bond acceptors (Lipinski definition) is 3. The molecule has 0 fully saturated rings. The molecule has 3 nitrogen and oxygen atoms in total. The van der Waals surface area contributed by atoms with Crippen LogP contribution in [0.1, 0.15) is 22.9 Å². The number of thioether (sulfide) groups is 1. The van der Waals surface area contributed by atoms with Crippen molar-refractivity contribution < 1.29 is 29.0 Å². The molecule has 0 saturated heterocycles. The van der Waals surface area contributed by atoms with E-state index in [1.165, 1.54) is 4.88 Å². The van der Waals surface area contributed by atoms with Crippen LogP contribution in [0, 0.1) is 0 Å². The predicted octanol–water partition coefficient (Wildman–Crippen LogP) is -1.57. The van der Waals surface area contributed by atoms with E-state index in [2.05, 4.69) is 33.6 Å². The largest absolute Gasteiger partial charge is 1.00 e. The Morgan fingerprint density at radius 2 is 2.25 bits per heavy atom. The zero-order chi connectivity index (χ0) is 13.5. The van der Waals surface area contributed by atoms with E-state index in [-0.39, 0.29) is 24.0 Å². The van der Waals surface area contributed by atoms with Crippen molar-refractivity contribution in [3.63, 3.8) is 0 Å². The summed E-state index contributed by atoms with van der Waals surface area (Å²) < 4.78 is 0. The predicted molar refractivity (Wildman–Crippen MR) is 83.6 cm³/mol. The van der Waals surface area contributed by atoms with Gasteiger partial charge in [0.25, 0.3) is 0 Å². The van der Waals surface area contributed by atoms with Crippen LogP contribution < -0.4 is 34.7 Å². The van der Waals surface area contributed by atoms with Crippen molar-refractivity contribution in [3.8, 4) is 0 Å². The first-order valence-electron chi connectivity index (χ1n) is 6.16. The van der Waals surface area contributed by atoms with Gasteiger partial charge < -0.3 is 24.0 Å². The highest BCUT2D eigenvalue weighted by Crippen LogP contribution is 2.29. The Morgan fingerprint density at radius 1 is 1.40 bits per heavy atom. The van der Waals surface area contributed by atoms with Crippen molar-refractivity contribution in [1.29, 1.82) is 0 Å². The third-order valence-corrected chi connectivity index (χ3v) is 4.45. The molecular weight excluding hydrogens is 401 g/mol. The van der Waals surface area contributed by atoms with E-state index in [1.807, 2.05) is 24.6 Å². The molecule has 0 saturated carbocycles. The van der Waals surface area contributed by atoms with Crippen LogP contribution in [0.4, 0.5) is 0 Å². The summed E-state index contributed by atoms with van der Waals surface area (Å²) in [7, 11) is 0. The number of rotatable bonds is 5. The number of halogens is 1. The topological polar surface area (TPSA) is 52.9 Å². The highest BCUT2D eigenvalue weighted by atomic mass is 127. The molecule has 2 aromatic heterocycles. The van der Waals surface area contributed by atoms with Crippen LogP contribution >= 0.6 is 23.1 Å². The highest BCUT2D eigenvalue weighted by Gasteiger charge is 2.16. The molecule has 6 heteroatoms. The maximum absolute atomic E-state index is 5.77. The molecule has 2 heterocycles. The van der Waals surface area contributed by atoms with Gasteiger partial charge in [-0.15, -0.1) is 11.3 Å². The number of pyridine rings is 1. The monoisotopic (exact) mass is 419 g/mol. The molecule has 0 bridgehead atoms. The molecule has 108 valence electrons. The summed E-state index contributed by atoms with van der Waals surface area (Å²) >= 11 is 3.32. The molecule has 0 radical (unpaired) electrons. The molecule has 20 heavy (non-hydrogen) atoms. The molecule has 2 rings (SSSR count). The summed E-state index contributed by atoms with van der Waals surface area (Å²) in [6, 6.07) is 10.3. The number of aromatic nitrogens is 1. The Hall–Kier alpha value is -0.600. The second-order valence-electron chi connectivity index (χ2n) is 4.11. The Morgan fingerprint density at radius 3 is 2.85 bits per heavy atom. The van der Waals surface area contributed by atoms with E-state index < -0.39 is 0 Å². The van der Waals surface area contributed by atoms with E-state index in [9.17, 15) is 0 Å². The summed E-state index contributed by atoms with van der Waals surface area (Å²) in [5, 5.41) is 2.88. The van der Waals surface area contributed by atoms with Crippen molar-refractivity contribution >= 4 is 28.3 Å². The maximum Gasteiger partial charge on any atom is 0.301 e. The van der Waals surface area contributed by atoms with Gasteiger partial charge in [0.2, 0.25) is 0 Å². The minimum atomic E-state index is 0. The van der Waals surface area contributed by atoms with E-state index in [4.69, 9.17) is 5.73 Å². The average Bonchev–Trinajstić information content (AvgIpc) is 2.98. The van der Waals surface area contributed by atoms with Gasteiger partial charge in [0, 0.05) is 22.7 Å². The molecule has 1 unspecified atom stereocenters. The summed E-state index contributed by atoms with van der Waals surface area (Å²) in [5.74, 6) is 0.336. The summed E-state index contributed by atoms with van der Waals surface area (Å²) in [6.07, 6.45) is 4.81. The molecule has 0 aliphatic carbocycles. The molecule has 1 atom stereocenters. The van der Waals surface area contributed by atoms with E-state index in [0.29, 0.717) is 5.92 Å². The Labute approximate surface area is 145 Å². The number of amidine groups is 1. The first kappa shape index (κ1) is 17.5. The van der Waals surface area contributed by atoms with Crippen LogP contribution in [-0.4, -0.2) is 23.0 Å². The van der Waals surface area contributed by atoms with Gasteiger partial charge in [0.05, 0.1) is 6.54 Å². The normalized spacial score (nSPS) is 12.8. The zero-order valence-electron chi connectivity index (χ0n) is 11.3. The number of nitrogens with zero attached hydrogens (tertiary/aromatic N) is 1. The fourth-order valence-electron chi connectivity index (χ4n) is 1.92. The standard InChI is InChI=1S/C14H17N3S2.HI/c1-18-14(15)17-9-7-11(13-6-4-10-19-13)12-5-2-3-8-16-12;/h2-6,8,10-11H,7,9H2,1H3,(H2,15,17);1H. The van der Waals surface area contributed by atoms with Crippen molar-refractivity contribution in [3.05, 3.63) is 52.5 Å². The van der Waals surface area contributed by atoms with Gasteiger partial charge >= 0.3 is 5.17 Å². The van der Waals surface area contributed by atoms with E-state index in [0.717, 1.165) is 23.8 Å². The van der Waals surface area contributed by atoms with Crippen LogP contribution in [0.15, 0.2) is 41.9 Å². The molecule has 3 N–H and O–H groups in total. The lowest BCUT2D eigenvalue weighted by Crippen LogP contribution is -3.00. The Bertz CT molecular complexity index is 514. The van der Waals surface area contributed by atoms with Crippen LogP contribution in [0.3, 0.4) is 0 Å². The maximum atomic E-state index is 5.77. The molecule has 0 amide bonds. The highest BCUT2D eigenvalue weighted by molar-refractivity contribution is 8.12. The van der Waals surface area contributed by atoms with Crippen LogP contribution in [-0.2, 0) is 0 Å². The summed E-state index contributed by atoms with van der Waals surface area (Å²) in [6.45, 7) is 0.853. The first-order valence-corrected chi connectivity index (χ1v) is 8.26. The third-order valence-electron chi connectivity index (χ3n) is 2.88. The van der Waals surface area contributed by atoms with Crippen molar-refractivity contribution in [2.24, 2.45) is 5.73 Å². The SMILES string of the molecule is CSC(N)=[NH+]CCC(c1ccccn1)c1cccs1.[I-]. The molecule has 2 aromatic rings. The van der Waals surface area contributed by atoms with Crippen molar-refractivity contribution in [2.75, 3.05) is 12.8 Å². The number of hydrogen-bond donors (Lipinski definition) is 2. The van der Waals surface area contributed by atoms with Crippen LogP contribution in [0.2, 0.25) is 0 Å². The van der Waals surface area contributed by atoms with Crippen LogP contribution in [0.25, 0.3) is 0 Å². The fraction of sp³-hybridized carbons (Fsp3) is 0.286. The van der Waals surface area contributed by atoms with Gasteiger partial charge in [-0.3, -0.25) is 15.7 Å². The molecular formula is C14H18IN3S2. The Kier molecular flexibility index (Phi) is 8.16. The number of nitrogens with two attached hydrogens (primary N) is 1. The number of thiophene rings is 1. The lowest BCUT2D eigenvalue weighted by atomic mass is 9.99.